The molecule has 1 saturated heterocycles. The Hall–Kier alpha value is -2.93. The highest BCUT2D eigenvalue weighted by Gasteiger charge is 2.48. The number of piperazine rings is 1. The minimum absolute atomic E-state index is 0.0207. The van der Waals surface area contributed by atoms with Crippen LogP contribution in [0.25, 0.3) is 10.9 Å². The minimum atomic E-state index is -3.97. The van der Waals surface area contributed by atoms with Crippen molar-refractivity contribution in [2.75, 3.05) is 19.6 Å². The number of fused-ring (bicyclic) bond motifs is 2. The van der Waals surface area contributed by atoms with Crippen LogP contribution in [-0.2, 0) is 27.8 Å². The molecule has 13 heteroatoms. The Labute approximate surface area is 224 Å². The van der Waals surface area contributed by atoms with E-state index >= 15 is 0 Å². The lowest BCUT2D eigenvalue weighted by atomic mass is 10.1. The lowest BCUT2D eigenvalue weighted by Crippen LogP contribution is -2.70. The van der Waals surface area contributed by atoms with E-state index in [0.717, 1.165) is 18.5 Å². The van der Waals surface area contributed by atoms with Crippen molar-refractivity contribution in [3.05, 3.63) is 46.6 Å². The number of amides is 2. The van der Waals surface area contributed by atoms with E-state index in [2.05, 4.69) is 20.6 Å². The highest BCUT2D eigenvalue weighted by atomic mass is 35.5. The van der Waals surface area contributed by atoms with Crippen molar-refractivity contribution in [3.8, 4) is 0 Å². The molecule has 0 radical (unpaired) electrons. The van der Waals surface area contributed by atoms with Crippen molar-refractivity contribution in [3.63, 3.8) is 0 Å². The van der Waals surface area contributed by atoms with Gasteiger partial charge in [0.15, 0.2) is 0 Å². The number of H-pyrrole nitrogens is 1. The summed E-state index contributed by atoms with van der Waals surface area (Å²) in [4.78, 5) is 35.4. The number of carbonyl (C=O) groups is 2. The predicted octanol–water partition coefficient (Wildman–Crippen LogP) is 2.23. The van der Waals surface area contributed by atoms with Crippen LogP contribution in [-0.4, -0.2) is 70.7 Å². The lowest BCUT2D eigenvalue weighted by molar-refractivity contribution is -0.127. The van der Waals surface area contributed by atoms with Crippen molar-refractivity contribution in [1.29, 1.82) is 0 Å². The molecule has 1 aliphatic carbocycles. The molecule has 3 N–H and O–H groups in total. The first-order valence-corrected chi connectivity index (χ1v) is 14.5. The summed E-state index contributed by atoms with van der Waals surface area (Å²) < 4.78 is 34.5. The van der Waals surface area contributed by atoms with Gasteiger partial charge >= 0.3 is 5.91 Å². The molecule has 2 aliphatic heterocycles. The molecule has 6 rings (SSSR count). The topological polar surface area (TPSA) is 141 Å². The van der Waals surface area contributed by atoms with Crippen LogP contribution in [0.4, 0.5) is 0 Å². The third-order valence-corrected chi connectivity index (χ3v) is 9.49. The van der Waals surface area contributed by atoms with E-state index in [0.29, 0.717) is 34.7 Å². The second kappa shape index (κ2) is 9.08. The summed E-state index contributed by atoms with van der Waals surface area (Å²) in [6, 6.07) is 6.85. The zero-order valence-corrected chi connectivity index (χ0v) is 22.7. The van der Waals surface area contributed by atoms with Crippen molar-refractivity contribution in [2.24, 2.45) is 5.92 Å². The van der Waals surface area contributed by atoms with Gasteiger partial charge < -0.3 is 24.9 Å². The molecule has 2 fully saturated rings. The molecule has 2 aromatic heterocycles. The smallest absolute Gasteiger partial charge is 0.311 e. The number of oxazole rings is 1. The number of benzene rings is 1. The Balaban J connectivity index is 1.30. The van der Waals surface area contributed by atoms with Crippen LogP contribution in [0.2, 0.25) is 5.02 Å². The van der Waals surface area contributed by atoms with E-state index in [1.807, 2.05) is 6.92 Å². The standard InChI is InChI=1S/C25H29ClN6O5S/c1-14-9-19-20(12-27-14)37-23(29-19)24(34)32-8-7-31(13-25(32,2)30-22(33)15-3-4-15)38(35,36)21-11-16-10-17(26)5-6-18(16)28-21/h5-6,10-11,14-15,27-28H,3-4,7-9,12-13H2,1-2H3,(H,30,33). The van der Waals surface area contributed by atoms with Gasteiger partial charge in [-0.15, -0.1) is 0 Å². The molecule has 11 nitrogen and oxygen atoms in total. The normalized spacial score (nSPS) is 24.4. The van der Waals surface area contributed by atoms with Crippen LogP contribution < -0.4 is 10.6 Å². The fourth-order valence-electron chi connectivity index (χ4n) is 5.19. The molecule has 2 atom stereocenters. The number of halogens is 1. The molecular formula is C25H29ClN6O5S. The number of hydrogen-bond donors (Lipinski definition) is 3. The Kier molecular flexibility index (Phi) is 6.06. The summed E-state index contributed by atoms with van der Waals surface area (Å²) in [6.07, 6.45) is 2.18. The zero-order chi connectivity index (χ0) is 26.8. The maximum atomic E-state index is 13.7. The number of nitrogens with one attached hydrogen (secondary N) is 3. The van der Waals surface area contributed by atoms with Crippen LogP contribution >= 0.6 is 11.6 Å². The number of aromatic amines is 1. The third kappa shape index (κ3) is 4.49. The van der Waals surface area contributed by atoms with E-state index < -0.39 is 21.6 Å². The molecule has 2 unspecified atom stereocenters. The zero-order valence-electron chi connectivity index (χ0n) is 21.1. The summed E-state index contributed by atoms with van der Waals surface area (Å²) in [6.45, 7) is 4.14. The number of sulfonamides is 1. The van der Waals surface area contributed by atoms with Crippen molar-refractivity contribution in [1.82, 2.24) is 29.8 Å². The van der Waals surface area contributed by atoms with E-state index in [1.54, 1.807) is 31.2 Å². The van der Waals surface area contributed by atoms with E-state index in [-0.39, 0.29) is 48.4 Å². The SMILES string of the molecule is CC1Cc2nc(C(=O)N3CCN(S(=O)(=O)c4cc5cc(Cl)ccc5[nH]4)CC3(C)NC(=O)C3CC3)oc2CN1. The molecule has 3 aliphatic rings. The highest BCUT2D eigenvalue weighted by Crippen LogP contribution is 2.33. The Bertz CT molecular complexity index is 1550. The average molecular weight is 561 g/mol. The first kappa shape index (κ1) is 25.4. The summed E-state index contributed by atoms with van der Waals surface area (Å²) in [5, 5.41) is 7.44. The van der Waals surface area contributed by atoms with Gasteiger partial charge in [-0.3, -0.25) is 9.59 Å². The van der Waals surface area contributed by atoms with Gasteiger partial charge in [0.05, 0.1) is 18.8 Å². The van der Waals surface area contributed by atoms with Crippen LogP contribution in [0.5, 0.6) is 0 Å². The van der Waals surface area contributed by atoms with Crippen molar-refractivity contribution < 1.29 is 22.4 Å². The van der Waals surface area contributed by atoms with Gasteiger partial charge in [0.2, 0.25) is 5.91 Å². The van der Waals surface area contributed by atoms with Gasteiger partial charge in [0.25, 0.3) is 15.9 Å². The largest absolute Gasteiger partial charge is 0.436 e. The van der Waals surface area contributed by atoms with Crippen LogP contribution in [0, 0.1) is 5.92 Å². The molecule has 38 heavy (non-hydrogen) atoms. The van der Waals surface area contributed by atoms with Gasteiger partial charge in [-0.1, -0.05) is 11.6 Å². The van der Waals surface area contributed by atoms with Gasteiger partial charge in [-0.05, 0) is 51.0 Å². The van der Waals surface area contributed by atoms with Crippen LogP contribution in [0.1, 0.15) is 48.8 Å². The third-order valence-electron chi connectivity index (χ3n) is 7.49. The lowest BCUT2D eigenvalue weighted by Gasteiger charge is -2.48. The molecule has 0 bridgehead atoms. The quantitative estimate of drug-likeness (QED) is 0.434. The second-order valence-corrected chi connectivity index (χ2v) is 12.9. The average Bonchev–Trinajstić information content (AvgIpc) is 3.50. The van der Waals surface area contributed by atoms with E-state index in [1.165, 1.54) is 9.21 Å². The Morgan fingerprint density at radius 3 is 2.79 bits per heavy atom. The minimum Gasteiger partial charge on any atom is -0.436 e. The summed E-state index contributed by atoms with van der Waals surface area (Å²) >= 11 is 6.08. The summed E-state index contributed by atoms with van der Waals surface area (Å²) in [5.74, 6) is -0.245. The second-order valence-electron chi connectivity index (χ2n) is 10.6. The van der Waals surface area contributed by atoms with Gasteiger partial charge in [-0.2, -0.15) is 4.31 Å². The van der Waals surface area contributed by atoms with Gasteiger partial charge in [0.1, 0.15) is 16.4 Å². The molecule has 0 spiro atoms. The molecule has 202 valence electrons. The fourth-order valence-corrected chi connectivity index (χ4v) is 6.91. The summed E-state index contributed by atoms with van der Waals surface area (Å²) in [7, 11) is -3.97. The maximum Gasteiger partial charge on any atom is 0.311 e. The number of hydrogen-bond acceptors (Lipinski definition) is 7. The van der Waals surface area contributed by atoms with E-state index in [9.17, 15) is 18.0 Å². The van der Waals surface area contributed by atoms with Crippen molar-refractivity contribution in [2.45, 2.75) is 56.4 Å². The molecule has 2 amide bonds. The fraction of sp³-hybridized carbons (Fsp3) is 0.480. The first-order valence-electron chi connectivity index (χ1n) is 12.7. The highest BCUT2D eigenvalue weighted by molar-refractivity contribution is 7.89. The van der Waals surface area contributed by atoms with Gasteiger partial charge in [0, 0.05) is 47.4 Å². The summed E-state index contributed by atoms with van der Waals surface area (Å²) in [5.41, 5.74) is 0.0736. The van der Waals surface area contributed by atoms with Crippen LogP contribution in [0.15, 0.2) is 33.7 Å². The van der Waals surface area contributed by atoms with E-state index in [4.69, 9.17) is 16.0 Å². The molecule has 1 aromatic carbocycles. The first-order chi connectivity index (χ1) is 18.0. The van der Waals surface area contributed by atoms with Crippen molar-refractivity contribution >= 4 is 44.3 Å². The van der Waals surface area contributed by atoms with Crippen LogP contribution in [0.3, 0.4) is 0 Å². The maximum absolute atomic E-state index is 13.7. The molecule has 3 aromatic rings. The Morgan fingerprint density at radius 1 is 1.24 bits per heavy atom. The number of nitrogens with zero attached hydrogens (tertiary/aromatic N) is 3. The number of rotatable bonds is 5. The number of carbonyl (C=O) groups excluding carboxylic acids is 2. The number of aromatic nitrogens is 2. The molecule has 4 heterocycles. The predicted molar refractivity (Wildman–Crippen MR) is 139 cm³/mol. The Morgan fingerprint density at radius 2 is 2.03 bits per heavy atom. The molecule has 1 saturated carbocycles. The monoisotopic (exact) mass is 560 g/mol. The molecular weight excluding hydrogens is 532 g/mol. The van der Waals surface area contributed by atoms with Gasteiger partial charge in [-0.25, -0.2) is 13.4 Å².